The maximum Gasteiger partial charge on any atom is 0.0813 e. The van der Waals surface area contributed by atoms with Gasteiger partial charge in [0, 0.05) is 12.4 Å². The minimum absolute atomic E-state index is 0.340. The molecule has 1 aliphatic rings. The molecule has 0 aromatic rings. The zero-order valence-corrected chi connectivity index (χ0v) is 7.76. The molecule has 1 rings (SSSR count). The van der Waals surface area contributed by atoms with Crippen LogP contribution in [-0.2, 0) is 9.47 Å². The third-order valence-electron chi connectivity index (χ3n) is 1.72. The third-order valence-corrected chi connectivity index (χ3v) is 2.44. The number of ether oxygens (including phenoxy) is 2. The standard InChI is InChI=1S/C7H13BrO2/c1-9-5-7-3-2-6(4-8)10-7/h6-7H,2-5H2,1H3. The average molecular weight is 209 g/mol. The van der Waals surface area contributed by atoms with Crippen LogP contribution in [0.5, 0.6) is 0 Å². The van der Waals surface area contributed by atoms with Crippen molar-refractivity contribution in [1.29, 1.82) is 0 Å². The second kappa shape index (κ2) is 4.31. The highest BCUT2D eigenvalue weighted by Crippen LogP contribution is 2.20. The van der Waals surface area contributed by atoms with Crippen molar-refractivity contribution in [3.8, 4) is 0 Å². The number of halogens is 1. The van der Waals surface area contributed by atoms with Crippen LogP contribution in [0.25, 0.3) is 0 Å². The summed E-state index contributed by atoms with van der Waals surface area (Å²) < 4.78 is 10.6. The fraction of sp³-hybridized carbons (Fsp3) is 1.00. The summed E-state index contributed by atoms with van der Waals surface area (Å²) in [6, 6.07) is 0. The zero-order valence-electron chi connectivity index (χ0n) is 6.18. The Hall–Kier alpha value is 0.400. The van der Waals surface area contributed by atoms with Crippen LogP contribution >= 0.6 is 15.9 Å². The maximum absolute atomic E-state index is 5.58. The van der Waals surface area contributed by atoms with Crippen LogP contribution in [0.15, 0.2) is 0 Å². The molecule has 0 N–H and O–H groups in total. The van der Waals surface area contributed by atoms with Gasteiger partial charge in [-0.1, -0.05) is 15.9 Å². The van der Waals surface area contributed by atoms with E-state index in [4.69, 9.17) is 9.47 Å². The molecule has 0 bridgehead atoms. The van der Waals surface area contributed by atoms with E-state index in [0.717, 1.165) is 18.4 Å². The predicted molar refractivity (Wildman–Crippen MR) is 43.6 cm³/mol. The SMILES string of the molecule is COCC1CCC(CBr)O1. The Labute approximate surface area is 70.0 Å². The first-order valence-corrected chi connectivity index (χ1v) is 4.69. The summed E-state index contributed by atoms with van der Waals surface area (Å²) >= 11 is 3.39. The summed E-state index contributed by atoms with van der Waals surface area (Å²) in [6.07, 6.45) is 3.07. The second-order valence-corrected chi connectivity index (χ2v) is 3.21. The lowest BCUT2D eigenvalue weighted by Crippen LogP contribution is -2.16. The summed E-state index contributed by atoms with van der Waals surface area (Å²) in [6.45, 7) is 0.740. The Kier molecular flexibility index (Phi) is 3.66. The van der Waals surface area contributed by atoms with Crippen molar-refractivity contribution < 1.29 is 9.47 Å². The predicted octanol–water partition coefficient (Wildman–Crippen LogP) is 1.58. The van der Waals surface area contributed by atoms with E-state index in [2.05, 4.69) is 15.9 Å². The van der Waals surface area contributed by atoms with Gasteiger partial charge in [0.2, 0.25) is 0 Å². The second-order valence-electron chi connectivity index (χ2n) is 2.57. The molecule has 2 nitrogen and oxygen atoms in total. The van der Waals surface area contributed by atoms with E-state index in [9.17, 15) is 0 Å². The van der Waals surface area contributed by atoms with E-state index in [1.54, 1.807) is 7.11 Å². The number of rotatable bonds is 3. The summed E-state index contributed by atoms with van der Waals surface area (Å²) in [5.41, 5.74) is 0. The summed E-state index contributed by atoms with van der Waals surface area (Å²) in [4.78, 5) is 0. The highest BCUT2D eigenvalue weighted by atomic mass is 79.9. The molecule has 2 atom stereocenters. The highest BCUT2D eigenvalue weighted by molar-refractivity contribution is 9.09. The Balaban J connectivity index is 2.15. The van der Waals surface area contributed by atoms with Crippen LogP contribution in [0.3, 0.4) is 0 Å². The van der Waals surface area contributed by atoms with Gasteiger partial charge in [0.1, 0.15) is 0 Å². The quantitative estimate of drug-likeness (QED) is 0.657. The fourth-order valence-corrected chi connectivity index (χ4v) is 1.68. The van der Waals surface area contributed by atoms with Crippen LogP contribution < -0.4 is 0 Å². The van der Waals surface area contributed by atoms with Crippen molar-refractivity contribution in [3.63, 3.8) is 0 Å². The molecule has 1 saturated heterocycles. The van der Waals surface area contributed by atoms with Crippen molar-refractivity contribution >= 4 is 15.9 Å². The monoisotopic (exact) mass is 208 g/mol. The topological polar surface area (TPSA) is 18.5 Å². The molecule has 3 heteroatoms. The van der Waals surface area contributed by atoms with E-state index < -0.39 is 0 Å². The molecule has 2 unspecified atom stereocenters. The molecule has 0 radical (unpaired) electrons. The minimum atomic E-state index is 0.340. The van der Waals surface area contributed by atoms with Crippen LogP contribution in [0.2, 0.25) is 0 Å². The molecule has 10 heavy (non-hydrogen) atoms. The van der Waals surface area contributed by atoms with Crippen molar-refractivity contribution in [2.24, 2.45) is 0 Å². The molecule has 1 fully saturated rings. The molecule has 0 spiro atoms. The first-order chi connectivity index (χ1) is 4.86. The van der Waals surface area contributed by atoms with Crippen LogP contribution in [0, 0.1) is 0 Å². The van der Waals surface area contributed by atoms with Gasteiger partial charge in [-0.15, -0.1) is 0 Å². The molecule has 0 amide bonds. The van der Waals surface area contributed by atoms with Gasteiger partial charge in [0.25, 0.3) is 0 Å². The van der Waals surface area contributed by atoms with Crippen molar-refractivity contribution in [1.82, 2.24) is 0 Å². The van der Waals surface area contributed by atoms with Crippen molar-refractivity contribution in [2.45, 2.75) is 25.0 Å². The lowest BCUT2D eigenvalue weighted by molar-refractivity contribution is 0.00756. The van der Waals surface area contributed by atoms with E-state index in [1.807, 2.05) is 0 Å². The van der Waals surface area contributed by atoms with Crippen LogP contribution in [-0.4, -0.2) is 31.3 Å². The molecule has 0 aromatic heterocycles. The molecule has 60 valence electrons. The molecule has 1 aliphatic heterocycles. The van der Waals surface area contributed by atoms with Gasteiger partial charge in [-0.3, -0.25) is 0 Å². The molecule has 0 aromatic carbocycles. The first-order valence-electron chi connectivity index (χ1n) is 3.57. The normalized spacial score (nSPS) is 33.0. The van der Waals surface area contributed by atoms with Gasteiger partial charge >= 0.3 is 0 Å². The van der Waals surface area contributed by atoms with E-state index >= 15 is 0 Å². The molecular weight excluding hydrogens is 196 g/mol. The van der Waals surface area contributed by atoms with Gasteiger partial charge in [-0.05, 0) is 12.8 Å². The molecule has 0 saturated carbocycles. The van der Waals surface area contributed by atoms with Crippen molar-refractivity contribution in [2.75, 3.05) is 19.0 Å². The average Bonchev–Trinajstić information content (AvgIpc) is 2.37. The highest BCUT2D eigenvalue weighted by Gasteiger charge is 2.23. The van der Waals surface area contributed by atoms with Gasteiger partial charge in [-0.2, -0.15) is 0 Å². The van der Waals surface area contributed by atoms with Crippen LogP contribution in [0.1, 0.15) is 12.8 Å². The molecule has 1 heterocycles. The smallest absolute Gasteiger partial charge is 0.0813 e. The van der Waals surface area contributed by atoms with Gasteiger partial charge in [0.05, 0.1) is 18.8 Å². The summed E-state index contributed by atoms with van der Waals surface area (Å²) in [5.74, 6) is 0. The maximum atomic E-state index is 5.58. The number of hydrogen-bond donors (Lipinski definition) is 0. The Bertz CT molecular complexity index is 97.6. The van der Waals surface area contributed by atoms with Crippen molar-refractivity contribution in [3.05, 3.63) is 0 Å². The van der Waals surface area contributed by atoms with Gasteiger partial charge in [0.15, 0.2) is 0 Å². The lowest BCUT2D eigenvalue weighted by atomic mass is 10.2. The number of methoxy groups -OCH3 is 1. The zero-order chi connectivity index (χ0) is 7.40. The van der Waals surface area contributed by atoms with E-state index in [0.29, 0.717) is 12.2 Å². The largest absolute Gasteiger partial charge is 0.382 e. The molecule has 0 aliphatic carbocycles. The first kappa shape index (κ1) is 8.50. The Morgan fingerprint density at radius 2 is 2.20 bits per heavy atom. The van der Waals surface area contributed by atoms with Gasteiger partial charge in [-0.25, -0.2) is 0 Å². The number of alkyl halides is 1. The number of hydrogen-bond acceptors (Lipinski definition) is 2. The Morgan fingerprint density at radius 1 is 1.50 bits per heavy atom. The fourth-order valence-electron chi connectivity index (χ4n) is 1.20. The minimum Gasteiger partial charge on any atom is -0.382 e. The van der Waals surface area contributed by atoms with E-state index in [1.165, 1.54) is 6.42 Å². The lowest BCUT2D eigenvalue weighted by Gasteiger charge is -2.09. The summed E-state index contributed by atoms with van der Waals surface area (Å²) in [7, 11) is 1.71. The van der Waals surface area contributed by atoms with Gasteiger partial charge < -0.3 is 9.47 Å². The van der Waals surface area contributed by atoms with Crippen LogP contribution in [0.4, 0.5) is 0 Å². The third kappa shape index (κ3) is 2.22. The summed E-state index contributed by atoms with van der Waals surface area (Å²) in [5, 5.41) is 0.952. The van der Waals surface area contributed by atoms with E-state index in [-0.39, 0.29) is 0 Å². The molecular formula is C7H13BrO2. The Morgan fingerprint density at radius 3 is 2.70 bits per heavy atom.